The van der Waals surface area contributed by atoms with Gasteiger partial charge in [0.1, 0.15) is 0 Å². The van der Waals surface area contributed by atoms with E-state index in [0.29, 0.717) is 0 Å². The first-order valence-electron chi connectivity index (χ1n) is 11.1. The van der Waals surface area contributed by atoms with E-state index in [2.05, 4.69) is 12.2 Å². The van der Waals surface area contributed by atoms with Crippen LogP contribution in [0.5, 0.6) is 0 Å². The highest BCUT2D eigenvalue weighted by Gasteiger charge is 1.95. The number of allylic oxidation sites excluding steroid dienone is 2. The van der Waals surface area contributed by atoms with Crippen molar-refractivity contribution in [2.24, 2.45) is 0 Å². The highest BCUT2D eigenvalue weighted by Crippen LogP contribution is 2.13. The highest BCUT2D eigenvalue weighted by molar-refractivity contribution is 5.87. The molecule has 25 heavy (non-hydrogen) atoms. The van der Waals surface area contributed by atoms with Gasteiger partial charge >= 0.3 is 0 Å². The summed E-state index contributed by atoms with van der Waals surface area (Å²) in [7, 11) is 0. The van der Waals surface area contributed by atoms with Crippen molar-refractivity contribution in [3.8, 4) is 0 Å². The number of nitrogens with one attached hydrogen (secondary N) is 1. The molecule has 0 bridgehead atoms. The Morgan fingerprint density at radius 3 is 1.36 bits per heavy atom. The Bertz CT molecular complexity index is 322. The zero-order chi connectivity index (χ0) is 18.6. The van der Waals surface area contributed by atoms with Crippen molar-refractivity contribution in [2.45, 2.75) is 124 Å². The summed E-state index contributed by atoms with van der Waals surface area (Å²) in [6.07, 6.45) is 24.1. The summed E-state index contributed by atoms with van der Waals surface area (Å²) >= 11 is 0. The molecule has 2 nitrogen and oxygen atoms in total. The van der Waals surface area contributed by atoms with Crippen molar-refractivity contribution in [3.05, 3.63) is 11.8 Å². The molecular weight excluding hydrogens is 306 g/mol. The Labute approximate surface area is 158 Å². The predicted octanol–water partition coefficient (Wildman–Crippen LogP) is 7.33. The minimum absolute atomic E-state index is 0.122. The number of hydrogen-bond acceptors (Lipinski definition) is 2. The van der Waals surface area contributed by atoms with Crippen molar-refractivity contribution in [2.75, 3.05) is 6.54 Å². The maximum absolute atomic E-state index is 10.9. The van der Waals surface area contributed by atoms with Crippen LogP contribution in [0.3, 0.4) is 0 Å². The van der Waals surface area contributed by atoms with E-state index >= 15 is 0 Å². The number of rotatable bonds is 19. The molecule has 0 saturated carbocycles. The summed E-state index contributed by atoms with van der Waals surface area (Å²) < 4.78 is 0. The van der Waals surface area contributed by atoms with Crippen LogP contribution in [0.15, 0.2) is 11.8 Å². The molecule has 2 heteroatoms. The van der Waals surface area contributed by atoms with E-state index in [1.54, 1.807) is 13.0 Å². The molecular formula is C23H45NO. The summed E-state index contributed by atoms with van der Waals surface area (Å²) in [4.78, 5) is 10.9. The van der Waals surface area contributed by atoms with Crippen LogP contribution >= 0.6 is 0 Å². The molecule has 0 fully saturated rings. The summed E-state index contributed by atoms with van der Waals surface area (Å²) in [6, 6.07) is 0. The van der Waals surface area contributed by atoms with Crippen LogP contribution in [0.25, 0.3) is 0 Å². The summed E-state index contributed by atoms with van der Waals surface area (Å²) in [5.74, 6) is 0.122. The average Bonchev–Trinajstić information content (AvgIpc) is 2.57. The molecule has 148 valence electrons. The minimum atomic E-state index is 0.122. The number of ketones is 1. The standard InChI is InChI=1S/C23H45NO/c1-4-5-6-7-8-9-10-11-12-13-14-15-16-17-18-19-20-24-22(2)21-23(3)25/h21,24H,4-20H2,1-3H3. The van der Waals surface area contributed by atoms with Gasteiger partial charge in [0.15, 0.2) is 5.78 Å². The third kappa shape index (κ3) is 21.2. The molecule has 0 unspecified atom stereocenters. The number of carbonyl (C=O) groups excluding carboxylic acids is 1. The van der Waals surface area contributed by atoms with Crippen LogP contribution < -0.4 is 5.32 Å². The Kier molecular flexibility index (Phi) is 18.9. The summed E-state index contributed by atoms with van der Waals surface area (Å²) in [6.45, 7) is 6.84. The monoisotopic (exact) mass is 351 g/mol. The predicted molar refractivity (Wildman–Crippen MR) is 112 cm³/mol. The molecule has 0 radical (unpaired) electrons. The number of unbranched alkanes of at least 4 members (excludes halogenated alkanes) is 15. The molecule has 0 atom stereocenters. The van der Waals surface area contributed by atoms with Crippen molar-refractivity contribution in [1.29, 1.82) is 0 Å². The third-order valence-electron chi connectivity index (χ3n) is 4.85. The van der Waals surface area contributed by atoms with Crippen LogP contribution in [0.2, 0.25) is 0 Å². The van der Waals surface area contributed by atoms with Gasteiger partial charge in [0.2, 0.25) is 0 Å². The second kappa shape index (κ2) is 19.5. The van der Waals surface area contributed by atoms with E-state index in [-0.39, 0.29) is 5.78 Å². The second-order valence-corrected chi connectivity index (χ2v) is 7.67. The fourth-order valence-corrected chi connectivity index (χ4v) is 3.31. The molecule has 0 amide bonds. The Morgan fingerprint density at radius 1 is 0.640 bits per heavy atom. The molecule has 0 aromatic heterocycles. The van der Waals surface area contributed by atoms with Crippen LogP contribution in [-0.2, 0) is 4.79 Å². The first-order chi connectivity index (χ1) is 12.2. The smallest absolute Gasteiger partial charge is 0.154 e. The maximum Gasteiger partial charge on any atom is 0.154 e. The quantitative estimate of drug-likeness (QED) is 0.195. The van der Waals surface area contributed by atoms with Crippen LogP contribution in [0.4, 0.5) is 0 Å². The molecule has 0 aromatic rings. The molecule has 0 aromatic carbocycles. The lowest BCUT2D eigenvalue weighted by molar-refractivity contribution is -0.112. The molecule has 1 N–H and O–H groups in total. The van der Waals surface area contributed by atoms with Crippen LogP contribution in [0.1, 0.15) is 124 Å². The molecule has 0 rings (SSSR count). The Balaban J connectivity index is 3.11. The third-order valence-corrected chi connectivity index (χ3v) is 4.85. The van der Waals surface area contributed by atoms with E-state index in [0.717, 1.165) is 12.2 Å². The topological polar surface area (TPSA) is 29.1 Å². The van der Waals surface area contributed by atoms with Gasteiger partial charge in [-0.3, -0.25) is 4.79 Å². The van der Waals surface area contributed by atoms with Crippen LogP contribution in [0, 0.1) is 0 Å². The van der Waals surface area contributed by atoms with E-state index < -0.39 is 0 Å². The number of hydrogen-bond donors (Lipinski definition) is 1. The molecule has 0 aliphatic carbocycles. The van der Waals surface area contributed by atoms with Crippen LogP contribution in [-0.4, -0.2) is 12.3 Å². The summed E-state index contributed by atoms with van der Waals surface area (Å²) in [5, 5.41) is 3.30. The van der Waals surface area contributed by atoms with Crippen molar-refractivity contribution in [3.63, 3.8) is 0 Å². The van der Waals surface area contributed by atoms with Gasteiger partial charge < -0.3 is 5.32 Å². The lowest BCUT2D eigenvalue weighted by Crippen LogP contribution is -2.13. The van der Waals surface area contributed by atoms with Crippen molar-refractivity contribution in [1.82, 2.24) is 5.32 Å². The Hall–Kier alpha value is -0.790. The van der Waals surface area contributed by atoms with E-state index in [9.17, 15) is 4.79 Å². The van der Waals surface area contributed by atoms with Gasteiger partial charge in [-0.2, -0.15) is 0 Å². The van der Waals surface area contributed by atoms with Gasteiger partial charge in [0.25, 0.3) is 0 Å². The van der Waals surface area contributed by atoms with Gasteiger partial charge in [0.05, 0.1) is 0 Å². The van der Waals surface area contributed by atoms with E-state index in [1.807, 2.05) is 6.92 Å². The molecule has 0 heterocycles. The average molecular weight is 352 g/mol. The largest absolute Gasteiger partial charge is 0.388 e. The first kappa shape index (κ1) is 24.2. The fraction of sp³-hybridized carbons (Fsp3) is 0.870. The minimum Gasteiger partial charge on any atom is -0.388 e. The maximum atomic E-state index is 10.9. The lowest BCUT2D eigenvalue weighted by Gasteiger charge is -2.06. The molecule has 0 aliphatic rings. The van der Waals surface area contributed by atoms with Gasteiger partial charge in [-0.15, -0.1) is 0 Å². The molecule has 0 saturated heterocycles. The van der Waals surface area contributed by atoms with Gasteiger partial charge in [-0.25, -0.2) is 0 Å². The van der Waals surface area contributed by atoms with E-state index in [4.69, 9.17) is 0 Å². The first-order valence-corrected chi connectivity index (χ1v) is 11.1. The van der Waals surface area contributed by atoms with Crippen molar-refractivity contribution >= 4 is 5.78 Å². The number of carbonyl (C=O) groups is 1. The fourth-order valence-electron chi connectivity index (χ4n) is 3.31. The highest BCUT2D eigenvalue weighted by atomic mass is 16.1. The van der Waals surface area contributed by atoms with Gasteiger partial charge in [-0.1, -0.05) is 103 Å². The van der Waals surface area contributed by atoms with E-state index in [1.165, 1.54) is 103 Å². The Morgan fingerprint density at radius 2 is 1.00 bits per heavy atom. The van der Waals surface area contributed by atoms with Gasteiger partial charge in [-0.05, 0) is 26.3 Å². The normalized spacial score (nSPS) is 11.7. The molecule has 0 spiro atoms. The lowest BCUT2D eigenvalue weighted by atomic mass is 10.0. The SMILES string of the molecule is CCCCCCCCCCCCCCCCCCNC(C)=CC(C)=O. The van der Waals surface area contributed by atoms with Gasteiger partial charge in [0, 0.05) is 12.2 Å². The summed E-state index contributed by atoms with van der Waals surface area (Å²) in [5.41, 5.74) is 0.994. The molecule has 0 aliphatic heterocycles. The second-order valence-electron chi connectivity index (χ2n) is 7.67. The zero-order valence-electron chi connectivity index (χ0n) is 17.5. The van der Waals surface area contributed by atoms with Crippen molar-refractivity contribution < 1.29 is 4.79 Å². The zero-order valence-corrected chi connectivity index (χ0v) is 17.5.